The van der Waals surface area contributed by atoms with Crippen LogP contribution < -0.4 is 0 Å². The van der Waals surface area contributed by atoms with E-state index >= 15 is 0 Å². The Kier molecular flexibility index (Phi) is 8.86. The van der Waals surface area contributed by atoms with Gasteiger partial charge in [0.2, 0.25) is 0 Å². The van der Waals surface area contributed by atoms with Crippen molar-refractivity contribution in [2.75, 3.05) is 0 Å². The number of hydrogen-bond donors (Lipinski definition) is 1. The van der Waals surface area contributed by atoms with Gasteiger partial charge in [-0.25, -0.2) is 0 Å². The van der Waals surface area contributed by atoms with E-state index in [2.05, 4.69) is 19.1 Å². The van der Waals surface area contributed by atoms with Gasteiger partial charge in [-0.3, -0.25) is 14.1 Å². The Morgan fingerprint density at radius 3 is 2.39 bits per heavy atom. The van der Waals surface area contributed by atoms with Crippen LogP contribution in [-0.4, -0.2) is 30.8 Å². The molecule has 4 aliphatic carbocycles. The van der Waals surface area contributed by atoms with Gasteiger partial charge < -0.3 is 4.74 Å². The summed E-state index contributed by atoms with van der Waals surface area (Å²) < 4.78 is 35.7. The lowest BCUT2D eigenvalue weighted by Gasteiger charge is -2.53. The van der Waals surface area contributed by atoms with Crippen LogP contribution in [-0.2, 0) is 30.9 Å². The summed E-state index contributed by atoms with van der Waals surface area (Å²) in [5.74, 6) is 3.09. The molecule has 0 saturated heterocycles. The molecule has 220 valence electrons. The summed E-state index contributed by atoms with van der Waals surface area (Å²) in [6.07, 6.45) is 12.0. The molecule has 1 N–H and O–H groups in total. The average molecular weight is 579 g/mol. The number of aryl methyl sites for hydroxylation is 2. The van der Waals surface area contributed by atoms with Crippen molar-refractivity contribution in [1.29, 1.82) is 0 Å². The van der Waals surface area contributed by atoms with E-state index in [1.54, 1.807) is 12.1 Å². The Bertz CT molecular complexity index is 1380. The molecule has 0 radical (unpaired) electrons. The third-order valence-corrected chi connectivity index (χ3v) is 11.1. The summed E-state index contributed by atoms with van der Waals surface area (Å²) in [4.78, 5) is 24.4. The molecule has 41 heavy (non-hydrogen) atoms. The van der Waals surface area contributed by atoms with Crippen molar-refractivity contribution in [3.8, 4) is 0 Å². The largest absolute Gasteiger partial charge is 0.462 e. The average Bonchev–Trinajstić information content (AvgIpc) is 3.28. The maximum absolute atomic E-state index is 12.6. The third-order valence-electron chi connectivity index (χ3n) is 10.3. The van der Waals surface area contributed by atoms with Crippen LogP contribution in [0.1, 0.15) is 75.8 Å². The highest BCUT2D eigenvalue weighted by atomic mass is 32.2. The van der Waals surface area contributed by atoms with Crippen molar-refractivity contribution in [3.05, 3.63) is 77.4 Å². The number of allylic oxidation sites excluding steroid dienone is 1. The molecule has 0 spiro atoms. The van der Waals surface area contributed by atoms with E-state index in [0.717, 1.165) is 55.9 Å². The van der Waals surface area contributed by atoms with Gasteiger partial charge in [-0.2, -0.15) is 8.42 Å². The summed E-state index contributed by atoms with van der Waals surface area (Å²) in [7, 11) is -4.02. The van der Waals surface area contributed by atoms with Crippen molar-refractivity contribution >= 4 is 21.9 Å². The normalized spacial score (nSPS) is 30.6. The van der Waals surface area contributed by atoms with Crippen LogP contribution in [0.25, 0.3) is 0 Å². The molecule has 3 fully saturated rings. The lowest BCUT2D eigenvalue weighted by molar-refractivity contribution is -0.158. The summed E-state index contributed by atoms with van der Waals surface area (Å²) >= 11 is 0. The molecule has 2 aromatic rings. The summed E-state index contributed by atoms with van der Waals surface area (Å²) in [6.45, 7) is 4.24. The summed E-state index contributed by atoms with van der Waals surface area (Å²) in [5, 5.41) is 0. The van der Waals surface area contributed by atoms with Gasteiger partial charge in [0.05, 0.1) is 4.90 Å². The lowest BCUT2D eigenvalue weighted by atomic mass is 9.52. The fourth-order valence-corrected chi connectivity index (χ4v) is 8.63. The number of hydrogen-bond acceptors (Lipinski definition) is 5. The molecule has 7 heteroatoms. The van der Waals surface area contributed by atoms with E-state index < -0.39 is 10.1 Å². The highest BCUT2D eigenvalue weighted by Crippen LogP contribution is 2.62. The van der Waals surface area contributed by atoms with Gasteiger partial charge in [-0.05, 0) is 106 Å². The maximum atomic E-state index is 12.6. The molecule has 0 amide bonds. The Morgan fingerprint density at radius 1 is 0.951 bits per heavy atom. The molecule has 4 aliphatic rings. The first-order valence-electron chi connectivity index (χ1n) is 15.1. The van der Waals surface area contributed by atoms with E-state index in [4.69, 9.17) is 9.29 Å². The van der Waals surface area contributed by atoms with Crippen LogP contribution in [0.15, 0.2) is 71.1 Å². The second kappa shape index (κ2) is 12.2. The van der Waals surface area contributed by atoms with E-state index in [1.807, 2.05) is 31.2 Å². The van der Waals surface area contributed by atoms with Gasteiger partial charge in [-0.1, -0.05) is 60.5 Å². The van der Waals surface area contributed by atoms with Crippen LogP contribution in [0.3, 0.4) is 0 Å². The molecule has 0 unspecified atom stereocenters. The van der Waals surface area contributed by atoms with Crippen LogP contribution >= 0.6 is 0 Å². The topological polar surface area (TPSA) is 97.7 Å². The SMILES string of the molecule is C[C@]12CC[C@H]3[C@@H](CCC4=CC(=O)CC[C@@H]43)[C@@H]1CC[C@@H]2OC(=O)CCc1ccccc1.Cc1ccc(S(=O)(=O)O)cc1. The number of carbonyl (C=O) groups excluding carboxylic acids is 2. The molecular formula is C34H42O6S. The van der Waals surface area contributed by atoms with Crippen molar-refractivity contribution in [3.63, 3.8) is 0 Å². The van der Waals surface area contributed by atoms with Crippen molar-refractivity contribution in [2.45, 2.75) is 89.1 Å². The Labute approximate surface area is 244 Å². The van der Waals surface area contributed by atoms with E-state index in [0.29, 0.717) is 24.0 Å². The molecule has 2 aromatic carbocycles. The van der Waals surface area contributed by atoms with Gasteiger partial charge >= 0.3 is 5.97 Å². The minimum Gasteiger partial charge on any atom is -0.462 e. The number of ether oxygens (including phenoxy) is 1. The molecule has 0 aliphatic heterocycles. The molecule has 6 atom stereocenters. The maximum Gasteiger partial charge on any atom is 0.306 e. The Morgan fingerprint density at radius 2 is 1.68 bits per heavy atom. The van der Waals surface area contributed by atoms with Crippen LogP contribution in [0.5, 0.6) is 0 Å². The van der Waals surface area contributed by atoms with Crippen molar-refractivity contribution in [2.24, 2.45) is 29.1 Å². The molecule has 6 rings (SSSR count). The molecule has 3 saturated carbocycles. The van der Waals surface area contributed by atoms with E-state index in [9.17, 15) is 18.0 Å². The van der Waals surface area contributed by atoms with Crippen molar-refractivity contribution < 1.29 is 27.3 Å². The molecule has 0 heterocycles. The van der Waals surface area contributed by atoms with Crippen molar-refractivity contribution in [1.82, 2.24) is 0 Å². The highest BCUT2D eigenvalue weighted by Gasteiger charge is 2.57. The van der Waals surface area contributed by atoms with Gasteiger partial charge in [0, 0.05) is 18.3 Å². The quantitative estimate of drug-likeness (QED) is 0.306. The van der Waals surface area contributed by atoms with Gasteiger partial charge in [0.1, 0.15) is 6.10 Å². The number of rotatable bonds is 5. The number of esters is 1. The Hall–Kier alpha value is -2.77. The second-order valence-corrected chi connectivity index (χ2v) is 14.1. The first-order chi connectivity index (χ1) is 19.5. The fourth-order valence-electron chi connectivity index (χ4n) is 8.15. The summed E-state index contributed by atoms with van der Waals surface area (Å²) in [5.41, 5.74) is 3.73. The van der Waals surface area contributed by atoms with E-state index in [1.165, 1.54) is 42.5 Å². The van der Waals surface area contributed by atoms with Gasteiger partial charge in [0.15, 0.2) is 5.78 Å². The predicted octanol–water partition coefficient (Wildman–Crippen LogP) is 6.91. The zero-order chi connectivity index (χ0) is 29.2. The molecule has 6 nitrogen and oxygen atoms in total. The number of ketones is 1. The first-order valence-corrected chi connectivity index (χ1v) is 16.5. The Balaban J connectivity index is 0.000000259. The number of carbonyl (C=O) groups is 2. The smallest absolute Gasteiger partial charge is 0.306 e. The lowest BCUT2D eigenvalue weighted by Crippen LogP contribution is -2.48. The monoisotopic (exact) mass is 578 g/mol. The van der Waals surface area contributed by atoms with Crippen LogP contribution in [0.2, 0.25) is 0 Å². The summed E-state index contributed by atoms with van der Waals surface area (Å²) in [6, 6.07) is 16.2. The third kappa shape index (κ3) is 6.67. The minimum absolute atomic E-state index is 0.0347. The van der Waals surface area contributed by atoms with Gasteiger partial charge in [0.25, 0.3) is 10.1 Å². The zero-order valence-corrected chi connectivity index (χ0v) is 24.9. The van der Waals surface area contributed by atoms with Gasteiger partial charge in [-0.15, -0.1) is 0 Å². The molecule has 0 aromatic heterocycles. The molecule has 0 bridgehead atoms. The fraction of sp³-hybridized carbons (Fsp3) is 0.529. The highest BCUT2D eigenvalue weighted by molar-refractivity contribution is 7.85. The second-order valence-electron chi connectivity index (χ2n) is 12.7. The predicted molar refractivity (Wildman–Crippen MR) is 158 cm³/mol. The number of fused-ring (bicyclic) bond motifs is 5. The molecular weight excluding hydrogens is 536 g/mol. The van der Waals surface area contributed by atoms with Crippen LogP contribution in [0, 0.1) is 36.0 Å². The standard InChI is InChI=1S/C27H34O3.C7H8O3S/c1-27-16-15-22-21-11-9-20(28)17-19(21)8-10-23(22)24(27)12-13-25(27)30-26(29)14-7-18-5-3-2-4-6-18;1-6-2-4-7(5-3-6)11(8,9)10/h2-6,17,21-25H,7-16H2,1H3;2-5H,1H3,(H,8,9,10)/t21-,22+,23+,24-,25-,27-;/m0./s1. The van der Waals surface area contributed by atoms with E-state index in [-0.39, 0.29) is 22.4 Å². The minimum atomic E-state index is -4.02. The van der Waals surface area contributed by atoms with Crippen LogP contribution in [0.4, 0.5) is 0 Å². The number of benzene rings is 2. The first kappa shape index (κ1) is 29.7. The zero-order valence-electron chi connectivity index (χ0n) is 24.1.